The van der Waals surface area contributed by atoms with Gasteiger partial charge in [0.05, 0.1) is 0 Å². The Morgan fingerprint density at radius 2 is 1.88 bits per heavy atom. The molecule has 0 atom stereocenters. The van der Waals surface area contributed by atoms with E-state index < -0.39 is 0 Å². The van der Waals surface area contributed by atoms with Crippen LogP contribution in [0, 0.1) is 6.92 Å². The highest BCUT2D eigenvalue weighted by Gasteiger charge is 2.19. The van der Waals surface area contributed by atoms with Crippen molar-refractivity contribution in [3.63, 3.8) is 0 Å². The lowest BCUT2D eigenvalue weighted by atomic mass is 10.00. The minimum Gasteiger partial charge on any atom is -0.354 e. The zero-order chi connectivity index (χ0) is 28.4. The number of nitrogens with zero attached hydrogens (tertiary/aromatic N) is 4. The summed E-state index contributed by atoms with van der Waals surface area (Å²) in [5, 5.41) is 3.94. The maximum absolute atomic E-state index is 13.7. The molecule has 1 aliphatic heterocycles. The molecule has 4 aromatic rings. The second-order valence-electron chi connectivity index (χ2n) is 10.8. The number of aromatic nitrogens is 3. The van der Waals surface area contributed by atoms with Crippen LogP contribution in [0.1, 0.15) is 60.4 Å². The number of piperazine rings is 1. The van der Waals surface area contributed by atoms with Gasteiger partial charge in [0.1, 0.15) is 5.82 Å². The van der Waals surface area contributed by atoms with E-state index in [1.165, 1.54) is 0 Å². The largest absolute Gasteiger partial charge is 0.354 e. The molecule has 9 heteroatoms. The number of H-pyrrole nitrogens is 1. The summed E-state index contributed by atoms with van der Waals surface area (Å²) in [6, 6.07) is 12.5. The number of aromatic amines is 1. The van der Waals surface area contributed by atoms with Crippen molar-refractivity contribution < 1.29 is 4.79 Å². The Bertz CT molecular complexity index is 1570. The number of pyridine rings is 2. The molecule has 3 aromatic heterocycles. The van der Waals surface area contributed by atoms with Gasteiger partial charge in [-0.2, -0.15) is 0 Å². The highest BCUT2D eigenvalue weighted by atomic mass is 127. The SMILES string of the molecule is CCCc1cc(C)[nH]c(=O)c1CNC(=O)c1cc(-c2ccc(N3CCN(I)CC3)nc2)cc2c1ccn2C(C)C. The van der Waals surface area contributed by atoms with E-state index in [2.05, 4.69) is 84.7 Å². The first kappa shape index (κ1) is 28.4. The number of benzene rings is 1. The first-order chi connectivity index (χ1) is 19.2. The minimum atomic E-state index is -0.197. The molecular formula is C31H37IN6O2. The van der Waals surface area contributed by atoms with Crippen molar-refractivity contribution in [3.8, 4) is 11.1 Å². The fourth-order valence-corrected chi connectivity index (χ4v) is 5.89. The van der Waals surface area contributed by atoms with Gasteiger partial charge in [0, 0.05) is 107 Å². The molecule has 8 nitrogen and oxygen atoms in total. The number of amides is 1. The molecule has 0 saturated carbocycles. The number of rotatable bonds is 8. The van der Waals surface area contributed by atoms with Crippen molar-refractivity contribution in [2.45, 2.75) is 53.1 Å². The van der Waals surface area contributed by atoms with Crippen LogP contribution in [-0.4, -0.2) is 49.7 Å². The molecule has 2 N–H and O–H groups in total. The average Bonchev–Trinajstić information content (AvgIpc) is 3.37. The number of carbonyl (C=O) groups excluding carboxylic acids is 1. The predicted molar refractivity (Wildman–Crippen MR) is 170 cm³/mol. The topological polar surface area (TPSA) is 86.3 Å². The summed E-state index contributed by atoms with van der Waals surface area (Å²) in [5.74, 6) is 0.779. The normalized spacial score (nSPS) is 14.3. The quantitative estimate of drug-likeness (QED) is 0.190. The smallest absolute Gasteiger partial charge is 0.253 e. The summed E-state index contributed by atoms with van der Waals surface area (Å²) < 4.78 is 4.48. The summed E-state index contributed by atoms with van der Waals surface area (Å²) in [6.07, 6.45) is 5.66. The average molecular weight is 653 g/mol. The Balaban J connectivity index is 1.47. The van der Waals surface area contributed by atoms with Gasteiger partial charge in [0.2, 0.25) is 0 Å². The van der Waals surface area contributed by atoms with Crippen molar-refractivity contribution in [1.82, 2.24) is 23.0 Å². The van der Waals surface area contributed by atoms with Crippen LogP contribution in [-0.2, 0) is 13.0 Å². The highest BCUT2D eigenvalue weighted by Crippen LogP contribution is 2.31. The molecule has 1 saturated heterocycles. The Morgan fingerprint density at radius 1 is 1.10 bits per heavy atom. The van der Waals surface area contributed by atoms with E-state index in [4.69, 9.17) is 4.98 Å². The van der Waals surface area contributed by atoms with E-state index in [0.717, 1.165) is 78.1 Å². The van der Waals surface area contributed by atoms with Gasteiger partial charge in [0.25, 0.3) is 11.5 Å². The van der Waals surface area contributed by atoms with Crippen LogP contribution >= 0.6 is 22.9 Å². The van der Waals surface area contributed by atoms with Crippen LogP contribution in [0.25, 0.3) is 22.0 Å². The Labute approximate surface area is 249 Å². The lowest BCUT2D eigenvalue weighted by Gasteiger charge is -2.32. The fourth-order valence-electron chi connectivity index (χ4n) is 5.46. The summed E-state index contributed by atoms with van der Waals surface area (Å²) >= 11 is 2.37. The van der Waals surface area contributed by atoms with Gasteiger partial charge in [-0.1, -0.05) is 13.3 Å². The summed E-state index contributed by atoms with van der Waals surface area (Å²) in [4.78, 5) is 36.4. The molecule has 40 heavy (non-hydrogen) atoms. The monoisotopic (exact) mass is 652 g/mol. The van der Waals surface area contributed by atoms with Crippen molar-refractivity contribution in [2.24, 2.45) is 0 Å². The molecule has 0 unspecified atom stereocenters. The molecule has 1 aromatic carbocycles. The predicted octanol–water partition coefficient (Wildman–Crippen LogP) is 5.64. The molecule has 1 fully saturated rings. The Hall–Kier alpha value is -3.18. The maximum atomic E-state index is 13.7. The third-order valence-electron chi connectivity index (χ3n) is 7.58. The van der Waals surface area contributed by atoms with Gasteiger partial charge in [-0.05, 0) is 74.7 Å². The van der Waals surface area contributed by atoms with Crippen molar-refractivity contribution in [1.29, 1.82) is 0 Å². The standard InChI is InChI=1S/C31H37IN6O2/c1-5-6-22-15-21(4)35-31(40)27(22)19-34-30(39)26-16-24(17-28-25(26)9-10-38(28)20(2)3)23-7-8-29(33-18-23)36-11-13-37(32)14-12-36/h7-10,15-18,20H,5-6,11-14,19H2,1-4H3,(H,34,39)(H,35,40). The molecule has 5 rings (SSSR count). The van der Waals surface area contributed by atoms with Crippen LogP contribution < -0.4 is 15.8 Å². The summed E-state index contributed by atoms with van der Waals surface area (Å²) in [7, 11) is 0. The molecule has 210 valence electrons. The number of nitrogens with one attached hydrogen (secondary N) is 2. The van der Waals surface area contributed by atoms with Gasteiger partial charge in [0.15, 0.2) is 0 Å². The third-order valence-corrected chi connectivity index (χ3v) is 8.54. The minimum absolute atomic E-state index is 0.139. The molecule has 0 aliphatic carbocycles. The van der Waals surface area contributed by atoms with Crippen LogP contribution in [0.2, 0.25) is 0 Å². The number of hydrogen-bond acceptors (Lipinski definition) is 5. The second-order valence-corrected chi connectivity index (χ2v) is 12.2. The van der Waals surface area contributed by atoms with E-state index >= 15 is 0 Å². The van der Waals surface area contributed by atoms with Gasteiger partial charge in [-0.25, -0.2) is 8.10 Å². The number of aryl methyl sites for hydroxylation is 2. The number of fused-ring (bicyclic) bond motifs is 1. The van der Waals surface area contributed by atoms with Crippen LogP contribution in [0.5, 0.6) is 0 Å². The molecule has 1 aliphatic rings. The molecule has 0 radical (unpaired) electrons. The fraction of sp³-hybridized carbons (Fsp3) is 0.387. The molecule has 0 spiro atoms. The third kappa shape index (κ3) is 5.95. The van der Waals surface area contributed by atoms with E-state index in [9.17, 15) is 9.59 Å². The van der Waals surface area contributed by atoms with Crippen molar-refractivity contribution in [2.75, 3.05) is 31.1 Å². The first-order valence-electron chi connectivity index (χ1n) is 14.0. The van der Waals surface area contributed by atoms with Crippen molar-refractivity contribution in [3.05, 3.63) is 81.5 Å². The van der Waals surface area contributed by atoms with E-state index in [1.54, 1.807) is 0 Å². The van der Waals surface area contributed by atoms with Gasteiger partial charge in [-0.15, -0.1) is 0 Å². The van der Waals surface area contributed by atoms with Gasteiger partial charge in [-0.3, -0.25) is 9.59 Å². The molecule has 4 heterocycles. The van der Waals surface area contributed by atoms with E-state index in [1.807, 2.05) is 37.5 Å². The number of carbonyl (C=O) groups is 1. The Morgan fingerprint density at radius 3 is 2.55 bits per heavy atom. The summed E-state index contributed by atoms with van der Waals surface area (Å²) in [5.41, 5.74) is 5.79. The molecule has 1 amide bonds. The zero-order valence-electron chi connectivity index (χ0n) is 23.6. The number of hydrogen-bond donors (Lipinski definition) is 2. The summed E-state index contributed by atoms with van der Waals surface area (Å²) in [6.45, 7) is 12.4. The Kier molecular flexibility index (Phi) is 8.60. The van der Waals surface area contributed by atoms with Crippen LogP contribution in [0.15, 0.2) is 53.6 Å². The first-order valence-corrected chi connectivity index (χ1v) is 15.0. The maximum Gasteiger partial charge on any atom is 0.253 e. The lowest BCUT2D eigenvalue weighted by molar-refractivity contribution is 0.0952. The number of anilines is 1. The van der Waals surface area contributed by atoms with E-state index in [0.29, 0.717) is 11.1 Å². The highest BCUT2D eigenvalue weighted by molar-refractivity contribution is 14.1. The second kappa shape index (κ2) is 12.1. The molecule has 0 bridgehead atoms. The lowest BCUT2D eigenvalue weighted by Crippen LogP contribution is -2.42. The zero-order valence-corrected chi connectivity index (χ0v) is 25.8. The molecular weight excluding hydrogens is 615 g/mol. The van der Waals surface area contributed by atoms with Gasteiger partial charge >= 0.3 is 0 Å². The van der Waals surface area contributed by atoms with Crippen LogP contribution in [0.3, 0.4) is 0 Å². The van der Waals surface area contributed by atoms with Crippen LogP contribution in [0.4, 0.5) is 5.82 Å². The van der Waals surface area contributed by atoms with E-state index in [-0.39, 0.29) is 24.1 Å². The number of halogens is 1. The van der Waals surface area contributed by atoms with Gasteiger partial charge < -0.3 is 19.8 Å². The van der Waals surface area contributed by atoms with Crippen molar-refractivity contribution >= 4 is 45.5 Å².